The Morgan fingerprint density at radius 1 is 1.64 bits per heavy atom. The van der Waals surface area contributed by atoms with Crippen LogP contribution in [0.15, 0.2) is 18.3 Å². The molecule has 14 heavy (non-hydrogen) atoms. The molecule has 75 valence electrons. The molecule has 1 heterocycles. The molecule has 0 aromatic carbocycles. The van der Waals surface area contributed by atoms with E-state index in [1.165, 1.54) is 6.20 Å². The molecule has 0 fully saturated rings. The molecule has 0 aliphatic heterocycles. The number of amides is 1. The molecule has 0 unspecified atom stereocenters. The number of carbonyl (C=O) groups excluding carboxylic acids is 1. The van der Waals surface area contributed by atoms with E-state index in [0.29, 0.717) is 5.88 Å². The molecule has 5 nitrogen and oxygen atoms in total. The third-order valence-corrected chi connectivity index (χ3v) is 1.45. The van der Waals surface area contributed by atoms with Gasteiger partial charge in [0.15, 0.2) is 6.61 Å². The van der Waals surface area contributed by atoms with Crippen molar-refractivity contribution in [2.45, 2.75) is 0 Å². The molecule has 1 rings (SSSR count). The average molecular weight is 195 g/mol. The summed E-state index contributed by atoms with van der Waals surface area (Å²) in [5.74, 6) is -0.211. The lowest BCUT2D eigenvalue weighted by Gasteiger charge is -2.02. The van der Waals surface area contributed by atoms with Crippen molar-refractivity contribution in [3.05, 3.63) is 30.3 Å². The maximum atomic E-state index is 10.4. The van der Waals surface area contributed by atoms with Gasteiger partial charge < -0.3 is 15.6 Å². The number of hydrogen-bond donors (Lipinski definition) is 2. The van der Waals surface area contributed by atoms with Gasteiger partial charge in [0, 0.05) is 18.7 Å². The fourth-order valence-electron chi connectivity index (χ4n) is 0.848. The molecule has 0 saturated heterocycles. The molecule has 5 heteroatoms. The molecule has 1 aromatic heterocycles. The van der Waals surface area contributed by atoms with Gasteiger partial charge in [0.05, 0.1) is 6.61 Å². The SMILES string of the molecule is NC(=O)COc1ccc([CH]CO)cn1. The summed E-state index contributed by atoms with van der Waals surface area (Å²) in [7, 11) is 0. The van der Waals surface area contributed by atoms with Gasteiger partial charge in [-0.3, -0.25) is 4.79 Å². The highest BCUT2D eigenvalue weighted by Crippen LogP contribution is 2.08. The molecule has 1 radical (unpaired) electrons. The van der Waals surface area contributed by atoms with Crippen LogP contribution in [0.4, 0.5) is 0 Å². The van der Waals surface area contributed by atoms with Crippen LogP contribution < -0.4 is 10.5 Å². The molecule has 1 amide bonds. The number of aliphatic hydroxyl groups excluding tert-OH is 1. The highest BCUT2D eigenvalue weighted by atomic mass is 16.5. The van der Waals surface area contributed by atoms with E-state index in [1.807, 2.05) is 0 Å². The molecule has 1 aromatic rings. The first-order chi connectivity index (χ1) is 6.72. The lowest BCUT2D eigenvalue weighted by atomic mass is 10.2. The summed E-state index contributed by atoms with van der Waals surface area (Å²) in [6.07, 6.45) is 3.14. The summed E-state index contributed by atoms with van der Waals surface area (Å²) < 4.78 is 4.94. The third-order valence-electron chi connectivity index (χ3n) is 1.45. The number of primary amides is 1. The van der Waals surface area contributed by atoms with E-state index in [2.05, 4.69) is 4.98 Å². The number of aliphatic hydroxyl groups is 1. The number of pyridine rings is 1. The van der Waals surface area contributed by atoms with Crippen molar-refractivity contribution in [3.8, 4) is 5.88 Å². The van der Waals surface area contributed by atoms with Crippen LogP contribution >= 0.6 is 0 Å². The lowest BCUT2D eigenvalue weighted by Crippen LogP contribution is -2.20. The minimum absolute atomic E-state index is 0.0385. The van der Waals surface area contributed by atoms with Gasteiger partial charge >= 0.3 is 0 Å². The smallest absolute Gasteiger partial charge is 0.255 e. The predicted octanol–water partition coefficient (Wildman–Crippen LogP) is -0.510. The van der Waals surface area contributed by atoms with Gasteiger partial charge in [-0.25, -0.2) is 4.98 Å². The number of nitrogens with two attached hydrogens (primary N) is 1. The zero-order valence-corrected chi connectivity index (χ0v) is 7.51. The number of nitrogens with zero attached hydrogens (tertiary/aromatic N) is 1. The Morgan fingerprint density at radius 2 is 2.43 bits per heavy atom. The van der Waals surface area contributed by atoms with Crippen molar-refractivity contribution in [2.24, 2.45) is 5.73 Å². The molecular weight excluding hydrogens is 184 g/mol. The third kappa shape index (κ3) is 3.40. The number of rotatable bonds is 5. The number of aromatic nitrogens is 1. The van der Waals surface area contributed by atoms with E-state index < -0.39 is 5.91 Å². The molecule has 0 saturated carbocycles. The molecule has 0 bridgehead atoms. The minimum Gasteiger partial charge on any atom is -0.468 e. The predicted molar refractivity (Wildman–Crippen MR) is 49.4 cm³/mol. The molecule has 0 atom stereocenters. The summed E-state index contributed by atoms with van der Waals surface area (Å²) in [4.78, 5) is 14.3. The van der Waals surface area contributed by atoms with Crippen molar-refractivity contribution >= 4 is 5.91 Å². The molecule has 0 aliphatic rings. The average Bonchev–Trinajstić information content (AvgIpc) is 2.17. The van der Waals surface area contributed by atoms with Crippen LogP contribution in [0.25, 0.3) is 0 Å². The van der Waals surface area contributed by atoms with Crippen LogP contribution in [0.1, 0.15) is 5.56 Å². The van der Waals surface area contributed by atoms with Gasteiger partial charge in [-0.05, 0) is 5.56 Å². The van der Waals surface area contributed by atoms with Crippen molar-refractivity contribution in [3.63, 3.8) is 0 Å². The van der Waals surface area contributed by atoms with Crippen LogP contribution in [0.3, 0.4) is 0 Å². The maximum absolute atomic E-state index is 10.4. The summed E-state index contributed by atoms with van der Waals surface area (Å²) in [5.41, 5.74) is 5.68. The molecule has 3 N–H and O–H groups in total. The first-order valence-corrected chi connectivity index (χ1v) is 4.03. The summed E-state index contributed by atoms with van der Waals surface area (Å²) in [6, 6.07) is 3.32. The van der Waals surface area contributed by atoms with Crippen molar-refractivity contribution in [1.29, 1.82) is 0 Å². The number of hydrogen-bond acceptors (Lipinski definition) is 4. The fourth-order valence-corrected chi connectivity index (χ4v) is 0.848. The Morgan fingerprint density at radius 3 is 2.93 bits per heavy atom. The van der Waals surface area contributed by atoms with Gasteiger partial charge in [0.2, 0.25) is 5.88 Å². The minimum atomic E-state index is -0.544. The van der Waals surface area contributed by atoms with Gasteiger partial charge in [-0.1, -0.05) is 6.07 Å². The normalized spacial score (nSPS) is 9.79. The van der Waals surface area contributed by atoms with Gasteiger partial charge in [-0.2, -0.15) is 0 Å². The summed E-state index contributed by atoms with van der Waals surface area (Å²) in [6.45, 7) is -0.223. The highest BCUT2D eigenvalue weighted by Gasteiger charge is 1.99. The number of ether oxygens (including phenoxy) is 1. The standard InChI is InChI=1S/C9H11N2O3/c10-8(13)6-14-9-2-1-7(3-4-12)5-11-9/h1-3,5,12H,4,6H2,(H2,10,13). The van der Waals surface area contributed by atoms with Gasteiger partial charge in [0.1, 0.15) is 0 Å². The van der Waals surface area contributed by atoms with E-state index in [0.717, 1.165) is 5.56 Å². The monoisotopic (exact) mass is 195 g/mol. The first-order valence-electron chi connectivity index (χ1n) is 4.03. The number of carbonyl (C=O) groups is 1. The van der Waals surface area contributed by atoms with Crippen LogP contribution in [0.2, 0.25) is 0 Å². The van der Waals surface area contributed by atoms with Crippen LogP contribution in [0, 0.1) is 6.42 Å². The zero-order valence-electron chi connectivity index (χ0n) is 7.51. The van der Waals surface area contributed by atoms with Crippen LogP contribution in [0.5, 0.6) is 5.88 Å². The van der Waals surface area contributed by atoms with E-state index in [9.17, 15) is 4.79 Å². The molecule has 0 aliphatic carbocycles. The highest BCUT2D eigenvalue weighted by molar-refractivity contribution is 5.75. The fraction of sp³-hybridized carbons (Fsp3) is 0.222. The van der Waals surface area contributed by atoms with E-state index in [-0.39, 0.29) is 13.2 Å². The van der Waals surface area contributed by atoms with Crippen LogP contribution in [-0.2, 0) is 4.79 Å². The Labute approximate surface area is 81.5 Å². The quantitative estimate of drug-likeness (QED) is 0.662. The lowest BCUT2D eigenvalue weighted by molar-refractivity contribution is -0.120. The van der Waals surface area contributed by atoms with E-state index in [1.54, 1.807) is 18.6 Å². The van der Waals surface area contributed by atoms with Gasteiger partial charge in [-0.15, -0.1) is 0 Å². The molecule has 0 spiro atoms. The Balaban J connectivity index is 2.50. The van der Waals surface area contributed by atoms with Crippen LogP contribution in [-0.4, -0.2) is 29.2 Å². The Bertz CT molecular complexity index is 297. The first kappa shape index (κ1) is 10.5. The van der Waals surface area contributed by atoms with Gasteiger partial charge in [0.25, 0.3) is 5.91 Å². The second kappa shape index (κ2) is 5.18. The maximum Gasteiger partial charge on any atom is 0.255 e. The van der Waals surface area contributed by atoms with Crippen molar-refractivity contribution in [2.75, 3.05) is 13.2 Å². The largest absolute Gasteiger partial charge is 0.468 e. The van der Waals surface area contributed by atoms with E-state index >= 15 is 0 Å². The van der Waals surface area contributed by atoms with E-state index in [4.69, 9.17) is 15.6 Å². The topological polar surface area (TPSA) is 85.4 Å². The van der Waals surface area contributed by atoms with Crippen molar-refractivity contribution in [1.82, 2.24) is 4.98 Å². The second-order valence-electron chi connectivity index (χ2n) is 2.57. The summed E-state index contributed by atoms with van der Waals surface area (Å²) >= 11 is 0. The Hall–Kier alpha value is -1.62. The zero-order chi connectivity index (χ0) is 10.4. The second-order valence-corrected chi connectivity index (χ2v) is 2.57. The molecular formula is C9H11N2O3. The van der Waals surface area contributed by atoms with Crippen molar-refractivity contribution < 1.29 is 14.6 Å². The Kier molecular flexibility index (Phi) is 3.87. The summed E-state index contributed by atoms with van der Waals surface area (Å²) in [5, 5.41) is 8.59.